The van der Waals surface area contributed by atoms with Gasteiger partial charge in [-0.3, -0.25) is 0 Å². The van der Waals surface area contributed by atoms with Crippen LogP contribution in [0.15, 0.2) is 41.1 Å². The van der Waals surface area contributed by atoms with E-state index in [1.54, 1.807) is 7.11 Å². The van der Waals surface area contributed by atoms with Crippen LogP contribution in [0, 0.1) is 45.3 Å². The molecule has 1 heterocycles. The molecule has 0 unspecified atom stereocenters. The number of nitriles is 3. The Morgan fingerprint density at radius 3 is 2.56 bits per heavy atom. The SMILES string of the molecule is CCCCCOc1ccc([C@H]2[C@H]3CN(C)CC=C3C(C#N)=C(N)C2(C#N)C#N)cc1OC. The highest BCUT2D eigenvalue weighted by atomic mass is 16.5. The summed E-state index contributed by atoms with van der Waals surface area (Å²) in [4.78, 5) is 2.11. The molecular weight excluding hydrogens is 402 g/mol. The lowest BCUT2D eigenvalue weighted by atomic mass is 9.58. The first-order chi connectivity index (χ1) is 15.5. The third kappa shape index (κ3) is 3.91. The predicted octanol–water partition coefficient (Wildman–Crippen LogP) is 3.62. The van der Waals surface area contributed by atoms with E-state index >= 15 is 0 Å². The molecule has 1 aliphatic heterocycles. The van der Waals surface area contributed by atoms with Crippen LogP contribution in [0.1, 0.15) is 37.7 Å². The maximum Gasteiger partial charge on any atom is 0.191 e. The van der Waals surface area contributed by atoms with Gasteiger partial charge in [0.05, 0.1) is 37.1 Å². The molecule has 1 aromatic rings. The Hall–Kier alpha value is -3.47. The zero-order valence-corrected chi connectivity index (χ0v) is 18.9. The fraction of sp³-hybridized carbons (Fsp3) is 0.480. The Labute approximate surface area is 189 Å². The van der Waals surface area contributed by atoms with Gasteiger partial charge >= 0.3 is 0 Å². The molecule has 0 bridgehead atoms. The van der Waals surface area contributed by atoms with Crippen molar-refractivity contribution >= 4 is 0 Å². The van der Waals surface area contributed by atoms with Crippen LogP contribution in [-0.4, -0.2) is 38.8 Å². The fourth-order valence-corrected chi connectivity index (χ4v) is 4.73. The number of nitrogens with zero attached hydrogens (tertiary/aromatic N) is 4. The summed E-state index contributed by atoms with van der Waals surface area (Å²) in [5, 5.41) is 30.1. The van der Waals surface area contributed by atoms with Crippen LogP contribution in [0.5, 0.6) is 11.5 Å². The molecule has 0 spiro atoms. The first-order valence-electron chi connectivity index (χ1n) is 10.9. The van der Waals surface area contributed by atoms with Gasteiger partial charge in [-0.15, -0.1) is 0 Å². The Morgan fingerprint density at radius 1 is 1.19 bits per heavy atom. The Balaban J connectivity index is 2.12. The number of allylic oxidation sites excluding steroid dienone is 2. The number of hydrogen-bond acceptors (Lipinski definition) is 7. The van der Waals surface area contributed by atoms with E-state index in [0.717, 1.165) is 30.4 Å². The van der Waals surface area contributed by atoms with E-state index in [4.69, 9.17) is 15.2 Å². The van der Waals surface area contributed by atoms with Gasteiger partial charge in [0.15, 0.2) is 16.9 Å². The van der Waals surface area contributed by atoms with E-state index < -0.39 is 11.3 Å². The van der Waals surface area contributed by atoms with Gasteiger partial charge in [0.1, 0.15) is 6.07 Å². The maximum atomic E-state index is 10.2. The van der Waals surface area contributed by atoms with Crippen molar-refractivity contribution in [1.82, 2.24) is 4.90 Å². The summed E-state index contributed by atoms with van der Waals surface area (Å²) in [6, 6.07) is 12.0. The second-order valence-corrected chi connectivity index (χ2v) is 8.36. The molecule has 2 aliphatic rings. The molecule has 2 N–H and O–H groups in total. The topological polar surface area (TPSA) is 119 Å². The van der Waals surface area contributed by atoms with Crippen molar-refractivity contribution in [2.75, 3.05) is 33.9 Å². The Morgan fingerprint density at radius 2 is 1.94 bits per heavy atom. The van der Waals surface area contributed by atoms with Gasteiger partial charge in [0, 0.05) is 24.9 Å². The molecule has 0 fully saturated rings. The molecule has 32 heavy (non-hydrogen) atoms. The average molecular weight is 432 g/mol. The number of hydrogen-bond donors (Lipinski definition) is 1. The van der Waals surface area contributed by atoms with Crippen molar-refractivity contribution in [2.24, 2.45) is 17.1 Å². The number of likely N-dealkylation sites (N-methyl/N-ethyl adjacent to an activating group) is 1. The highest BCUT2D eigenvalue weighted by Crippen LogP contribution is 2.54. The fourth-order valence-electron chi connectivity index (χ4n) is 4.73. The second kappa shape index (κ2) is 9.77. The van der Waals surface area contributed by atoms with Crippen molar-refractivity contribution in [2.45, 2.75) is 32.1 Å². The molecule has 3 rings (SSSR count). The van der Waals surface area contributed by atoms with Gasteiger partial charge in [-0.2, -0.15) is 15.8 Å². The van der Waals surface area contributed by atoms with Crippen molar-refractivity contribution in [3.8, 4) is 29.7 Å². The van der Waals surface area contributed by atoms with Gasteiger partial charge in [0.25, 0.3) is 0 Å². The van der Waals surface area contributed by atoms with Crippen LogP contribution < -0.4 is 15.2 Å². The van der Waals surface area contributed by atoms with Crippen LogP contribution in [0.2, 0.25) is 0 Å². The monoisotopic (exact) mass is 431 g/mol. The third-order valence-electron chi connectivity index (χ3n) is 6.40. The zero-order chi connectivity index (χ0) is 23.3. The predicted molar refractivity (Wildman–Crippen MR) is 120 cm³/mol. The molecule has 0 aromatic heterocycles. The number of benzene rings is 1. The van der Waals surface area contributed by atoms with E-state index in [1.165, 1.54) is 0 Å². The van der Waals surface area contributed by atoms with Gasteiger partial charge in [-0.25, -0.2) is 0 Å². The maximum absolute atomic E-state index is 10.2. The lowest BCUT2D eigenvalue weighted by Gasteiger charge is -2.45. The van der Waals surface area contributed by atoms with Crippen molar-refractivity contribution in [3.63, 3.8) is 0 Å². The smallest absolute Gasteiger partial charge is 0.191 e. The molecule has 7 nitrogen and oxygen atoms in total. The first kappa shape index (κ1) is 23.2. The molecule has 2 atom stereocenters. The molecular formula is C25H29N5O2. The quantitative estimate of drug-likeness (QED) is 0.655. The average Bonchev–Trinajstić information content (AvgIpc) is 2.81. The highest BCUT2D eigenvalue weighted by Gasteiger charge is 2.54. The summed E-state index contributed by atoms with van der Waals surface area (Å²) >= 11 is 0. The van der Waals surface area contributed by atoms with E-state index in [2.05, 4.69) is 30.0 Å². The Bertz CT molecular complexity index is 1040. The van der Waals surface area contributed by atoms with Crippen LogP contribution in [0.25, 0.3) is 0 Å². The standard InChI is InChI=1S/C25H29N5O2/c1-4-5-6-11-32-21-8-7-17(12-22(21)31-3)23-20-14-30(2)10-9-18(20)19(13-26)24(29)25(23,15-27)16-28/h7-9,12,20,23H,4-6,10-11,14,29H2,1-3H3/t20-,23-/m0/s1. The van der Waals surface area contributed by atoms with Crippen LogP contribution >= 0.6 is 0 Å². The minimum atomic E-state index is -1.65. The number of rotatable bonds is 7. The molecule has 0 radical (unpaired) electrons. The van der Waals surface area contributed by atoms with Crippen molar-refractivity contribution in [1.29, 1.82) is 15.8 Å². The molecule has 7 heteroatoms. The van der Waals surface area contributed by atoms with Gasteiger partial charge < -0.3 is 20.1 Å². The van der Waals surface area contributed by atoms with Crippen LogP contribution in [-0.2, 0) is 0 Å². The van der Waals surface area contributed by atoms with Crippen molar-refractivity contribution in [3.05, 3.63) is 46.7 Å². The van der Waals surface area contributed by atoms with Crippen molar-refractivity contribution < 1.29 is 9.47 Å². The van der Waals surface area contributed by atoms with E-state index in [0.29, 0.717) is 31.2 Å². The summed E-state index contributed by atoms with van der Waals surface area (Å²) in [5.74, 6) is 0.398. The summed E-state index contributed by atoms with van der Waals surface area (Å²) < 4.78 is 11.5. The number of fused-ring (bicyclic) bond motifs is 1. The van der Waals surface area contributed by atoms with Gasteiger partial charge in [-0.1, -0.05) is 31.9 Å². The minimum absolute atomic E-state index is 0.0286. The van der Waals surface area contributed by atoms with E-state index in [9.17, 15) is 15.8 Å². The molecule has 1 aliphatic carbocycles. The molecule has 0 saturated carbocycles. The molecule has 0 amide bonds. The molecule has 0 saturated heterocycles. The molecule has 166 valence electrons. The zero-order valence-electron chi connectivity index (χ0n) is 18.9. The summed E-state index contributed by atoms with van der Waals surface area (Å²) in [6.45, 7) is 4.02. The molecule has 1 aromatic carbocycles. The summed E-state index contributed by atoms with van der Waals surface area (Å²) in [6.07, 6.45) is 5.13. The van der Waals surface area contributed by atoms with Crippen LogP contribution in [0.3, 0.4) is 0 Å². The number of unbranched alkanes of at least 4 members (excludes halogenated alkanes) is 2. The summed E-state index contributed by atoms with van der Waals surface area (Å²) in [7, 11) is 3.55. The number of nitrogens with two attached hydrogens (primary N) is 1. The number of methoxy groups -OCH3 is 1. The van der Waals surface area contributed by atoms with Gasteiger partial charge in [-0.05, 0) is 36.7 Å². The van der Waals surface area contributed by atoms with Crippen LogP contribution in [0.4, 0.5) is 0 Å². The third-order valence-corrected chi connectivity index (χ3v) is 6.40. The van der Waals surface area contributed by atoms with E-state index in [-0.39, 0.29) is 17.2 Å². The largest absolute Gasteiger partial charge is 0.493 e. The minimum Gasteiger partial charge on any atom is -0.493 e. The number of ether oxygens (including phenoxy) is 2. The lowest BCUT2D eigenvalue weighted by molar-refractivity contribution is 0.237. The Kier molecular flexibility index (Phi) is 7.08. The van der Waals surface area contributed by atoms with E-state index in [1.807, 2.05) is 31.3 Å². The highest BCUT2D eigenvalue weighted by molar-refractivity contribution is 5.60. The first-order valence-corrected chi connectivity index (χ1v) is 10.9. The van der Waals surface area contributed by atoms with Gasteiger partial charge in [0.2, 0.25) is 0 Å². The normalized spacial score (nSPS) is 22.1. The lowest BCUT2D eigenvalue weighted by Crippen LogP contribution is -2.47. The summed E-state index contributed by atoms with van der Waals surface area (Å²) in [5.41, 5.74) is 6.56. The second-order valence-electron chi connectivity index (χ2n) is 8.36.